The molecule has 3 rings (SSSR count). The minimum atomic E-state index is 0.721. The molecule has 0 fully saturated rings. The molecule has 0 aliphatic rings. The molecule has 5 heteroatoms. The zero-order chi connectivity index (χ0) is 23.5. The van der Waals surface area contributed by atoms with Crippen LogP contribution < -0.4 is 15.4 Å². The van der Waals surface area contributed by atoms with E-state index in [1.165, 1.54) is 5.57 Å². The van der Waals surface area contributed by atoms with Crippen LogP contribution in [0.25, 0.3) is 17.3 Å². The third-order valence-electron chi connectivity index (χ3n) is 4.97. The number of aromatic nitrogens is 2. The van der Waals surface area contributed by atoms with Crippen LogP contribution in [0.15, 0.2) is 84.7 Å². The summed E-state index contributed by atoms with van der Waals surface area (Å²) in [6.45, 7) is 7.19. The highest BCUT2D eigenvalue weighted by Crippen LogP contribution is 2.30. The van der Waals surface area contributed by atoms with Gasteiger partial charge in [-0.3, -0.25) is 0 Å². The van der Waals surface area contributed by atoms with Crippen molar-refractivity contribution in [2.75, 3.05) is 24.3 Å². The maximum atomic E-state index is 5.48. The Morgan fingerprint density at radius 1 is 1.03 bits per heavy atom. The zero-order valence-corrected chi connectivity index (χ0v) is 19.8. The average molecular weight is 441 g/mol. The van der Waals surface area contributed by atoms with Crippen LogP contribution in [0.3, 0.4) is 0 Å². The molecular weight excluding hydrogens is 408 g/mol. The summed E-state index contributed by atoms with van der Waals surface area (Å²) in [5.41, 5.74) is 6.06. The van der Waals surface area contributed by atoms with Crippen LogP contribution in [0.4, 0.5) is 17.2 Å². The van der Waals surface area contributed by atoms with Gasteiger partial charge in [0.1, 0.15) is 17.9 Å². The van der Waals surface area contributed by atoms with Gasteiger partial charge in [0.05, 0.1) is 12.8 Å². The lowest BCUT2D eigenvalue weighted by Gasteiger charge is -2.13. The summed E-state index contributed by atoms with van der Waals surface area (Å²) in [7, 11) is 1.66. The third kappa shape index (κ3) is 6.81. The van der Waals surface area contributed by atoms with Gasteiger partial charge in [0.15, 0.2) is 0 Å². The molecule has 3 aromatic rings. The van der Waals surface area contributed by atoms with E-state index in [2.05, 4.69) is 90.0 Å². The summed E-state index contributed by atoms with van der Waals surface area (Å²) in [5, 5.41) is 6.86. The first-order valence-corrected chi connectivity index (χ1v) is 11.3. The standard InChI is InChI=1S/C28H32N4O/c1-5-7-8-9-12-21(3)17-22-18-23(15-16-25(22)29-6-2)32-28-19-26(30-20-31-28)24-13-10-11-14-27(24)33-4/h7-20,29H,5-6H2,1-4H3,(H,30,31,32)/b8-7-,12-9-,21-17+. The van der Waals surface area contributed by atoms with Gasteiger partial charge in [-0.05, 0) is 62.2 Å². The number of hydrogen-bond acceptors (Lipinski definition) is 5. The van der Waals surface area contributed by atoms with Crippen molar-refractivity contribution in [3.8, 4) is 17.0 Å². The van der Waals surface area contributed by atoms with Gasteiger partial charge in [-0.15, -0.1) is 0 Å². The summed E-state index contributed by atoms with van der Waals surface area (Å²) in [6.07, 6.45) is 13.2. The van der Waals surface area contributed by atoms with Crippen molar-refractivity contribution >= 4 is 23.3 Å². The van der Waals surface area contributed by atoms with E-state index in [4.69, 9.17) is 4.74 Å². The summed E-state index contributed by atoms with van der Waals surface area (Å²) in [4.78, 5) is 8.84. The SMILES string of the molecule is CC\C=C/C=C\C(C)=C\c1cc(Nc2cc(-c3ccccc3OC)ncn2)ccc1NCC. The Labute approximate surface area is 197 Å². The van der Waals surface area contributed by atoms with E-state index < -0.39 is 0 Å². The van der Waals surface area contributed by atoms with Crippen molar-refractivity contribution in [3.05, 3.63) is 90.3 Å². The Morgan fingerprint density at radius 2 is 1.88 bits per heavy atom. The molecule has 0 saturated carbocycles. The molecule has 0 aliphatic heterocycles. The minimum absolute atomic E-state index is 0.721. The number of benzene rings is 2. The van der Waals surface area contributed by atoms with E-state index in [1.807, 2.05) is 30.3 Å². The molecule has 1 aromatic heterocycles. The number of nitrogens with one attached hydrogen (secondary N) is 2. The molecule has 170 valence electrons. The molecule has 5 nitrogen and oxygen atoms in total. The molecule has 0 amide bonds. The first-order chi connectivity index (χ1) is 16.1. The largest absolute Gasteiger partial charge is 0.496 e. The smallest absolute Gasteiger partial charge is 0.134 e. The quantitative estimate of drug-likeness (QED) is 0.325. The first-order valence-electron chi connectivity index (χ1n) is 11.3. The Balaban J connectivity index is 1.88. The zero-order valence-electron chi connectivity index (χ0n) is 19.8. The molecule has 0 aliphatic carbocycles. The molecule has 0 unspecified atom stereocenters. The number of methoxy groups -OCH3 is 1. The second-order valence-corrected chi connectivity index (χ2v) is 7.53. The van der Waals surface area contributed by atoms with Crippen LogP contribution in [0, 0.1) is 0 Å². The lowest BCUT2D eigenvalue weighted by molar-refractivity contribution is 0.416. The lowest BCUT2D eigenvalue weighted by Crippen LogP contribution is -2.01. The van der Waals surface area contributed by atoms with E-state index in [-0.39, 0.29) is 0 Å². The van der Waals surface area contributed by atoms with Gasteiger partial charge in [0.2, 0.25) is 0 Å². The van der Waals surface area contributed by atoms with Gasteiger partial charge >= 0.3 is 0 Å². The van der Waals surface area contributed by atoms with Crippen LogP contribution >= 0.6 is 0 Å². The highest BCUT2D eigenvalue weighted by molar-refractivity contribution is 5.75. The Morgan fingerprint density at radius 3 is 2.67 bits per heavy atom. The molecule has 2 N–H and O–H groups in total. The molecule has 1 heterocycles. The Kier molecular flexibility index (Phi) is 8.83. The fourth-order valence-electron chi connectivity index (χ4n) is 3.40. The maximum absolute atomic E-state index is 5.48. The van der Waals surface area contributed by atoms with Gasteiger partial charge in [-0.1, -0.05) is 48.9 Å². The first kappa shape index (κ1) is 23.8. The molecule has 0 radical (unpaired) electrons. The molecule has 0 spiro atoms. The van der Waals surface area contributed by atoms with E-state index >= 15 is 0 Å². The van der Waals surface area contributed by atoms with Crippen molar-refractivity contribution in [2.24, 2.45) is 0 Å². The molecule has 33 heavy (non-hydrogen) atoms. The van der Waals surface area contributed by atoms with E-state index in [0.29, 0.717) is 0 Å². The molecule has 2 aromatic carbocycles. The summed E-state index contributed by atoms with van der Waals surface area (Å²) >= 11 is 0. The third-order valence-corrected chi connectivity index (χ3v) is 4.97. The summed E-state index contributed by atoms with van der Waals surface area (Å²) < 4.78 is 5.48. The van der Waals surface area contributed by atoms with E-state index in [1.54, 1.807) is 13.4 Å². The number of anilines is 3. The van der Waals surface area contributed by atoms with Crippen LogP contribution in [0.5, 0.6) is 5.75 Å². The van der Waals surface area contributed by atoms with Gasteiger partial charge in [-0.2, -0.15) is 0 Å². The average Bonchev–Trinajstić information content (AvgIpc) is 2.84. The van der Waals surface area contributed by atoms with E-state index in [0.717, 1.165) is 52.7 Å². The van der Waals surface area contributed by atoms with Crippen LogP contribution in [0.2, 0.25) is 0 Å². The van der Waals surface area contributed by atoms with E-state index in [9.17, 15) is 0 Å². The van der Waals surface area contributed by atoms with Crippen LogP contribution in [-0.4, -0.2) is 23.6 Å². The molecule has 0 atom stereocenters. The van der Waals surface area contributed by atoms with Gasteiger partial charge in [-0.25, -0.2) is 9.97 Å². The number of hydrogen-bond donors (Lipinski definition) is 2. The maximum Gasteiger partial charge on any atom is 0.134 e. The van der Waals surface area contributed by atoms with Crippen LogP contribution in [-0.2, 0) is 0 Å². The van der Waals surface area contributed by atoms with Crippen molar-refractivity contribution in [3.63, 3.8) is 0 Å². The van der Waals surface area contributed by atoms with Crippen molar-refractivity contribution in [2.45, 2.75) is 27.2 Å². The lowest BCUT2D eigenvalue weighted by atomic mass is 10.1. The monoisotopic (exact) mass is 440 g/mol. The minimum Gasteiger partial charge on any atom is -0.496 e. The van der Waals surface area contributed by atoms with Crippen molar-refractivity contribution < 1.29 is 4.74 Å². The second-order valence-electron chi connectivity index (χ2n) is 7.53. The molecule has 0 saturated heterocycles. The normalized spacial score (nSPS) is 11.8. The highest BCUT2D eigenvalue weighted by Gasteiger charge is 2.09. The topological polar surface area (TPSA) is 59.1 Å². The number of ether oxygens (including phenoxy) is 1. The highest BCUT2D eigenvalue weighted by atomic mass is 16.5. The summed E-state index contributed by atoms with van der Waals surface area (Å²) in [5.74, 6) is 1.50. The van der Waals surface area contributed by atoms with Gasteiger partial charge in [0, 0.05) is 29.5 Å². The van der Waals surface area contributed by atoms with Crippen LogP contribution in [0.1, 0.15) is 32.8 Å². The second kappa shape index (κ2) is 12.2. The summed E-state index contributed by atoms with van der Waals surface area (Å²) in [6, 6.07) is 16.0. The fraction of sp³-hybridized carbons (Fsp3) is 0.214. The van der Waals surface area contributed by atoms with Crippen molar-refractivity contribution in [1.29, 1.82) is 0 Å². The fourth-order valence-corrected chi connectivity index (χ4v) is 3.40. The Bertz CT molecular complexity index is 1150. The predicted molar refractivity (Wildman–Crippen MR) is 140 cm³/mol. The number of rotatable bonds is 10. The number of allylic oxidation sites excluding steroid dienone is 5. The molecular formula is C28H32N4O. The molecule has 0 bridgehead atoms. The Hall–Kier alpha value is -3.86. The van der Waals surface area contributed by atoms with Gasteiger partial charge < -0.3 is 15.4 Å². The van der Waals surface area contributed by atoms with Crippen molar-refractivity contribution in [1.82, 2.24) is 9.97 Å². The number of nitrogens with zero attached hydrogens (tertiary/aromatic N) is 2. The number of para-hydroxylation sites is 1. The predicted octanol–water partition coefficient (Wildman–Crippen LogP) is 7.25. The van der Waals surface area contributed by atoms with Gasteiger partial charge in [0.25, 0.3) is 0 Å².